The van der Waals surface area contributed by atoms with E-state index in [1.54, 1.807) is 18.1 Å². The van der Waals surface area contributed by atoms with Gasteiger partial charge in [-0.3, -0.25) is 4.79 Å². The molecule has 1 atom stereocenters. The van der Waals surface area contributed by atoms with Crippen molar-refractivity contribution in [2.45, 2.75) is 37.6 Å². The van der Waals surface area contributed by atoms with Gasteiger partial charge in [-0.15, -0.1) is 11.8 Å². The van der Waals surface area contributed by atoms with Crippen molar-refractivity contribution in [2.75, 3.05) is 24.2 Å². The van der Waals surface area contributed by atoms with Crippen LogP contribution < -0.4 is 4.90 Å². The topological polar surface area (TPSA) is 66.3 Å². The number of carbonyl (C=O) groups is 1. The van der Waals surface area contributed by atoms with Gasteiger partial charge in [-0.2, -0.15) is 0 Å². The van der Waals surface area contributed by atoms with Gasteiger partial charge in [0.2, 0.25) is 0 Å². The van der Waals surface area contributed by atoms with Crippen LogP contribution in [0.1, 0.15) is 32.6 Å². The first-order valence-electron chi connectivity index (χ1n) is 6.95. The SMILES string of the molecule is CCCC1(C(=O)O)CCCN(c2cc(SC)ncn2)C1. The minimum atomic E-state index is -0.678. The summed E-state index contributed by atoms with van der Waals surface area (Å²) >= 11 is 1.57. The molecule has 6 heteroatoms. The third kappa shape index (κ3) is 3.06. The zero-order valence-corrected chi connectivity index (χ0v) is 12.8. The van der Waals surface area contributed by atoms with Crippen molar-refractivity contribution in [3.05, 3.63) is 12.4 Å². The van der Waals surface area contributed by atoms with E-state index < -0.39 is 11.4 Å². The van der Waals surface area contributed by atoms with Gasteiger partial charge in [0.05, 0.1) is 5.41 Å². The summed E-state index contributed by atoms with van der Waals surface area (Å²) in [4.78, 5) is 22.3. The predicted octanol–water partition coefficient (Wildman–Crippen LogP) is 2.67. The zero-order valence-electron chi connectivity index (χ0n) is 12.0. The van der Waals surface area contributed by atoms with E-state index in [0.717, 1.165) is 43.1 Å². The Labute approximate surface area is 123 Å². The lowest BCUT2D eigenvalue weighted by atomic mass is 9.76. The Hall–Kier alpha value is -1.30. The molecule has 0 amide bonds. The van der Waals surface area contributed by atoms with Gasteiger partial charge in [-0.25, -0.2) is 9.97 Å². The predicted molar refractivity (Wildman–Crippen MR) is 80.2 cm³/mol. The zero-order chi connectivity index (χ0) is 14.6. The highest BCUT2D eigenvalue weighted by molar-refractivity contribution is 7.98. The Morgan fingerprint density at radius 2 is 2.35 bits per heavy atom. The maximum absolute atomic E-state index is 11.7. The molecular weight excluding hydrogens is 274 g/mol. The van der Waals surface area contributed by atoms with Crippen molar-refractivity contribution in [2.24, 2.45) is 5.41 Å². The summed E-state index contributed by atoms with van der Waals surface area (Å²) in [5.74, 6) is 0.161. The molecule has 2 heterocycles. The molecule has 0 aromatic carbocycles. The Morgan fingerprint density at radius 3 is 3.00 bits per heavy atom. The molecule has 0 radical (unpaired) electrons. The number of rotatable bonds is 5. The summed E-state index contributed by atoms with van der Waals surface area (Å²) in [6.45, 7) is 3.45. The molecule has 1 aliphatic heterocycles. The van der Waals surface area contributed by atoms with Crippen LogP contribution in [0, 0.1) is 5.41 Å². The van der Waals surface area contributed by atoms with E-state index in [1.807, 2.05) is 19.2 Å². The van der Waals surface area contributed by atoms with Crippen LogP contribution in [0.5, 0.6) is 0 Å². The first-order chi connectivity index (χ1) is 9.61. The number of nitrogens with zero attached hydrogens (tertiary/aromatic N) is 3. The number of hydrogen-bond acceptors (Lipinski definition) is 5. The van der Waals surface area contributed by atoms with E-state index in [-0.39, 0.29) is 0 Å². The van der Waals surface area contributed by atoms with Crippen molar-refractivity contribution < 1.29 is 9.90 Å². The molecule has 1 aromatic rings. The lowest BCUT2D eigenvalue weighted by molar-refractivity contribution is -0.150. The average molecular weight is 295 g/mol. The smallest absolute Gasteiger partial charge is 0.311 e. The molecule has 1 aliphatic rings. The van der Waals surface area contributed by atoms with Gasteiger partial charge in [0.1, 0.15) is 17.2 Å². The Balaban J connectivity index is 2.22. The number of piperidine rings is 1. The molecule has 110 valence electrons. The third-order valence-electron chi connectivity index (χ3n) is 3.92. The maximum atomic E-state index is 11.7. The van der Waals surface area contributed by atoms with E-state index in [2.05, 4.69) is 14.9 Å². The third-order valence-corrected chi connectivity index (χ3v) is 4.56. The van der Waals surface area contributed by atoms with Crippen molar-refractivity contribution >= 4 is 23.5 Å². The monoisotopic (exact) mass is 295 g/mol. The van der Waals surface area contributed by atoms with E-state index in [9.17, 15) is 9.90 Å². The molecule has 0 spiro atoms. The van der Waals surface area contributed by atoms with Crippen LogP contribution in [0.15, 0.2) is 17.4 Å². The Kier molecular flexibility index (Phi) is 4.86. The standard InChI is InChI=1S/C14H21N3O2S/c1-3-5-14(13(18)19)6-4-7-17(9-14)11-8-12(20-2)16-10-15-11/h8,10H,3-7,9H2,1-2H3,(H,18,19). The molecule has 0 saturated carbocycles. The Bertz CT molecular complexity index is 479. The van der Waals surface area contributed by atoms with E-state index in [1.165, 1.54) is 0 Å². The van der Waals surface area contributed by atoms with Crippen molar-refractivity contribution in [3.63, 3.8) is 0 Å². The second kappa shape index (κ2) is 6.43. The molecule has 0 aliphatic carbocycles. The van der Waals surface area contributed by atoms with E-state index in [4.69, 9.17) is 0 Å². The second-order valence-electron chi connectivity index (χ2n) is 5.28. The van der Waals surface area contributed by atoms with Crippen LogP contribution in [-0.2, 0) is 4.79 Å². The largest absolute Gasteiger partial charge is 0.481 e. The van der Waals surface area contributed by atoms with Crippen LogP contribution in [0.4, 0.5) is 5.82 Å². The normalized spacial score (nSPS) is 22.8. The number of aromatic nitrogens is 2. The summed E-state index contributed by atoms with van der Waals surface area (Å²) in [5.41, 5.74) is -0.628. The number of anilines is 1. The molecule has 0 bridgehead atoms. The molecule has 1 aromatic heterocycles. The molecule has 20 heavy (non-hydrogen) atoms. The fraction of sp³-hybridized carbons (Fsp3) is 0.643. The summed E-state index contributed by atoms with van der Waals surface area (Å²) in [5, 5.41) is 10.5. The van der Waals surface area contributed by atoms with Gasteiger partial charge in [0, 0.05) is 19.2 Å². The molecular formula is C14H21N3O2S. The highest BCUT2D eigenvalue weighted by Gasteiger charge is 2.41. The lowest BCUT2D eigenvalue weighted by Crippen LogP contribution is -2.48. The van der Waals surface area contributed by atoms with E-state index >= 15 is 0 Å². The summed E-state index contributed by atoms with van der Waals surface area (Å²) < 4.78 is 0. The van der Waals surface area contributed by atoms with Crippen LogP contribution in [0.25, 0.3) is 0 Å². The summed E-state index contributed by atoms with van der Waals surface area (Å²) in [7, 11) is 0. The molecule has 5 nitrogen and oxygen atoms in total. The highest BCUT2D eigenvalue weighted by atomic mass is 32.2. The lowest BCUT2D eigenvalue weighted by Gasteiger charge is -2.40. The Morgan fingerprint density at radius 1 is 1.55 bits per heavy atom. The number of carboxylic acids is 1. The first kappa shape index (κ1) is 15.1. The minimum absolute atomic E-state index is 0.543. The second-order valence-corrected chi connectivity index (χ2v) is 6.11. The van der Waals surface area contributed by atoms with Crippen LogP contribution >= 0.6 is 11.8 Å². The van der Waals surface area contributed by atoms with Gasteiger partial charge < -0.3 is 10.0 Å². The van der Waals surface area contributed by atoms with E-state index in [0.29, 0.717) is 6.54 Å². The van der Waals surface area contributed by atoms with Crippen LogP contribution in [0.2, 0.25) is 0 Å². The fourth-order valence-corrected chi connectivity index (χ4v) is 3.28. The van der Waals surface area contributed by atoms with Crippen LogP contribution in [-0.4, -0.2) is 40.4 Å². The summed E-state index contributed by atoms with van der Waals surface area (Å²) in [6.07, 6.45) is 6.79. The minimum Gasteiger partial charge on any atom is -0.481 e. The number of carboxylic acid groups (broad SMARTS) is 1. The molecule has 1 unspecified atom stereocenters. The van der Waals surface area contributed by atoms with Crippen molar-refractivity contribution in [1.82, 2.24) is 9.97 Å². The van der Waals surface area contributed by atoms with Crippen molar-refractivity contribution in [1.29, 1.82) is 0 Å². The molecule has 1 saturated heterocycles. The highest BCUT2D eigenvalue weighted by Crippen LogP contribution is 2.36. The molecule has 1 fully saturated rings. The number of thioether (sulfide) groups is 1. The van der Waals surface area contributed by atoms with Gasteiger partial charge >= 0.3 is 5.97 Å². The molecule has 1 N–H and O–H groups in total. The van der Waals surface area contributed by atoms with Gasteiger partial charge in [-0.1, -0.05) is 13.3 Å². The van der Waals surface area contributed by atoms with Crippen LogP contribution in [0.3, 0.4) is 0 Å². The summed E-state index contributed by atoms with van der Waals surface area (Å²) in [6, 6.07) is 1.94. The average Bonchev–Trinajstić information content (AvgIpc) is 2.48. The number of aliphatic carboxylic acids is 1. The van der Waals surface area contributed by atoms with Crippen molar-refractivity contribution in [3.8, 4) is 0 Å². The quantitative estimate of drug-likeness (QED) is 0.665. The fourth-order valence-electron chi connectivity index (χ4n) is 2.91. The van der Waals surface area contributed by atoms with Gasteiger partial charge in [0.25, 0.3) is 0 Å². The maximum Gasteiger partial charge on any atom is 0.311 e. The van der Waals surface area contributed by atoms with Gasteiger partial charge in [0.15, 0.2) is 0 Å². The van der Waals surface area contributed by atoms with Gasteiger partial charge in [-0.05, 0) is 25.5 Å². The number of hydrogen-bond donors (Lipinski definition) is 1. The molecule has 2 rings (SSSR count). The first-order valence-corrected chi connectivity index (χ1v) is 8.18.